The van der Waals surface area contributed by atoms with Crippen molar-refractivity contribution >= 4 is 5.69 Å². The fraction of sp³-hybridized carbons (Fsp3) is 0.400. The van der Waals surface area contributed by atoms with Crippen molar-refractivity contribution in [2.24, 2.45) is 0 Å². The first-order valence-electron chi connectivity index (χ1n) is 4.53. The monoisotopic (exact) mass is 179 g/mol. The molecule has 1 N–H and O–H groups in total. The third kappa shape index (κ3) is 1.69. The molecular formula is C10H13NO2. The number of nitrogens with one attached hydrogen (secondary N) is 1. The molecule has 0 aromatic heterocycles. The molecular weight excluding hydrogens is 166 g/mol. The molecule has 0 fully saturated rings. The van der Waals surface area contributed by atoms with Gasteiger partial charge in [-0.25, -0.2) is 0 Å². The van der Waals surface area contributed by atoms with Gasteiger partial charge >= 0.3 is 0 Å². The van der Waals surface area contributed by atoms with Gasteiger partial charge in [-0.1, -0.05) is 0 Å². The lowest BCUT2D eigenvalue weighted by molar-refractivity contribution is 0.312. The summed E-state index contributed by atoms with van der Waals surface area (Å²) in [6, 6.07) is 5.86. The summed E-state index contributed by atoms with van der Waals surface area (Å²) in [5, 5.41) is 3.25. The smallest absolute Gasteiger partial charge is 0.146 e. The van der Waals surface area contributed by atoms with E-state index in [0.29, 0.717) is 6.61 Å². The summed E-state index contributed by atoms with van der Waals surface area (Å²) < 4.78 is 10.8. The summed E-state index contributed by atoms with van der Waals surface area (Å²) in [5.41, 5.74) is 1.05. The first kappa shape index (κ1) is 8.23. The number of hydrogen-bond acceptors (Lipinski definition) is 3. The summed E-state index contributed by atoms with van der Waals surface area (Å²) in [4.78, 5) is 0. The van der Waals surface area contributed by atoms with Gasteiger partial charge in [-0.15, -0.1) is 0 Å². The molecule has 0 atom stereocenters. The van der Waals surface area contributed by atoms with Crippen LogP contribution in [0.2, 0.25) is 0 Å². The Hall–Kier alpha value is -1.38. The second kappa shape index (κ2) is 3.56. The van der Waals surface area contributed by atoms with Crippen molar-refractivity contribution in [2.75, 3.05) is 25.1 Å². The highest BCUT2D eigenvalue weighted by Crippen LogP contribution is 2.31. The molecule has 0 spiro atoms. The average Bonchev–Trinajstić information content (AvgIpc) is 2.18. The van der Waals surface area contributed by atoms with Crippen LogP contribution in [-0.2, 0) is 0 Å². The van der Waals surface area contributed by atoms with Crippen LogP contribution in [0, 0.1) is 0 Å². The van der Waals surface area contributed by atoms with E-state index in [-0.39, 0.29) is 0 Å². The SMILES string of the molecule is CCOc1ccc2c(c1)OCCN2. The Morgan fingerprint density at radius 1 is 1.54 bits per heavy atom. The lowest BCUT2D eigenvalue weighted by Gasteiger charge is -2.19. The third-order valence-electron chi connectivity index (χ3n) is 1.94. The minimum atomic E-state index is 0.687. The number of anilines is 1. The van der Waals surface area contributed by atoms with Crippen molar-refractivity contribution in [1.29, 1.82) is 0 Å². The zero-order valence-electron chi connectivity index (χ0n) is 7.67. The zero-order chi connectivity index (χ0) is 9.10. The standard InChI is InChI=1S/C10H13NO2/c1-2-12-8-3-4-9-10(7-8)13-6-5-11-9/h3-4,7,11H,2,5-6H2,1H3. The second-order valence-electron chi connectivity index (χ2n) is 2.87. The van der Waals surface area contributed by atoms with E-state index in [1.54, 1.807) is 0 Å². The van der Waals surface area contributed by atoms with Gasteiger partial charge < -0.3 is 14.8 Å². The average molecular weight is 179 g/mol. The van der Waals surface area contributed by atoms with Crippen LogP contribution >= 0.6 is 0 Å². The van der Waals surface area contributed by atoms with E-state index in [2.05, 4.69) is 5.32 Å². The van der Waals surface area contributed by atoms with Crippen LogP contribution in [0.1, 0.15) is 6.92 Å². The predicted octanol–water partition coefficient (Wildman–Crippen LogP) is 1.89. The second-order valence-corrected chi connectivity index (χ2v) is 2.87. The number of hydrogen-bond donors (Lipinski definition) is 1. The van der Waals surface area contributed by atoms with Crippen LogP contribution in [0.15, 0.2) is 18.2 Å². The van der Waals surface area contributed by atoms with E-state index in [0.717, 1.165) is 30.3 Å². The summed E-state index contributed by atoms with van der Waals surface area (Å²) >= 11 is 0. The normalized spacial score (nSPS) is 13.9. The number of fused-ring (bicyclic) bond motifs is 1. The highest BCUT2D eigenvalue weighted by Gasteiger charge is 2.09. The van der Waals surface area contributed by atoms with E-state index < -0.39 is 0 Å². The van der Waals surface area contributed by atoms with Crippen molar-refractivity contribution in [3.05, 3.63) is 18.2 Å². The molecule has 0 bridgehead atoms. The van der Waals surface area contributed by atoms with E-state index in [9.17, 15) is 0 Å². The Balaban J connectivity index is 2.24. The van der Waals surface area contributed by atoms with Gasteiger partial charge in [0.05, 0.1) is 12.3 Å². The minimum Gasteiger partial charge on any atom is -0.494 e. The maximum absolute atomic E-state index is 5.47. The summed E-state index contributed by atoms with van der Waals surface area (Å²) in [6.07, 6.45) is 0. The molecule has 70 valence electrons. The number of ether oxygens (including phenoxy) is 2. The Kier molecular flexibility index (Phi) is 2.25. The highest BCUT2D eigenvalue weighted by molar-refractivity contribution is 5.60. The van der Waals surface area contributed by atoms with Gasteiger partial charge in [-0.3, -0.25) is 0 Å². The van der Waals surface area contributed by atoms with E-state index in [1.807, 2.05) is 25.1 Å². The van der Waals surface area contributed by atoms with Gasteiger partial charge in [0.2, 0.25) is 0 Å². The lowest BCUT2D eigenvalue weighted by atomic mass is 10.2. The quantitative estimate of drug-likeness (QED) is 0.752. The molecule has 1 aliphatic heterocycles. The van der Waals surface area contributed by atoms with Crippen molar-refractivity contribution in [3.8, 4) is 11.5 Å². The lowest BCUT2D eigenvalue weighted by Crippen LogP contribution is -2.17. The fourth-order valence-electron chi connectivity index (χ4n) is 1.37. The van der Waals surface area contributed by atoms with Gasteiger partial charge in [0.1, 0.15) is 18.1 Å². The maximum atomic E-state index is 5.47. The van der Waals surface area contributed by atoms with Gasteiger partial charge in [-0.2, -0.15) is 0 Å². The van der Waals surface area contributed by atoms with Gasteiger partial charge in [-0.05, 0) is 19.1 Å². The minimum absolute atomic E-state index is 0.687. The predicted molar refractivity (Wildman–Crippen MR) is 51.6 cm³/mol. The summed E-state index contributed by atoms with van der Waals surface area (Å²) in [5.74, 6) is 1.75. The summed E-state index contributed by atoms with van der Waals surface area (Å²) in [7, 11) is 0. The van der Waals surface area contributed by atoms with E-state index >= 15 is 0 Å². The zero-order valence-corrected chi connectivity index (χ0v) is 7.67. The largest absolute Gasteiger partial charge is 0.494 e. The Bertz CT molecular complexity index is 299. The van der Waals surface area contributed by atoms with Crippen LogP contribution in [0.3, 0.4) is 0 Å². The van der Waals surface area contributed by atoms with Crippen molar-refractivity contribution in [2.45, 2.75) is 6.92 Å². The molecule has 13 heavy (non-hydrogen) atoms. The number of benzene rings is 1. The molecule has 0 saturated heterocycles. The van der Waals surface area contributed by atoms with Gasteiger partial charge in [0.15, 0.2) is 0 Å². The Morgan fingerprint density at radius 2 is 2.46 bits per heavy atom. The molecule has 1 aromatic carbocycles. The first-order chi connectivity index (χ1) is 6.40. The van der Waals surface area contributed by atoms with Crippen molar-refractivity contribution in [1.82, 2.24) is 0 Å². The summed E-state index contributed by atoms with van der Waals surface area (Å²) in [6.45, 7) is 4.26. The molecule has 0 unspecified atom stereocenters. The van der Waals surface area contributed by atoms with E-state index in [4.69, 9.17) is 9.47 Å². The van der Waals surface area contributed by atoms with Crippen LogP contribution in [0.4, 0.5) is 5.69 Å². The molecule has 1 heterocycles. The molecule has 3 nitrogen and oxygen atoms in total. The van der Waals surface area contributed by atoms with Crippen molar-refractivity contribution < 1.29 is 9.47 Å². The van der Waals surface area contributed by atoms with Crippen LogP contribution in [0.25, 0.3) is 0 Å². The molecule has 0 amide bonds. The van der Waals surface area contributed by atoms with Gasteiger partial charge in [0.25, 0.3) is 0 Å². The third-order valence-corrected chi connectivity index (χ3v) is 1.94. The first-order valence-corrected chi connectivity index (χ1v) is 4.53. The van der Waals surface area contributed by atoms with Crippen LogP contribution in [0.5, 0.6) is 11.5 Å². The van der Waals surface area contributed by atoms with E-state index in [1.165, 1.54) is 0 Å². The van der Waals surface area contributed by atoms with Crippen LogP contribution < -0.4 is 14.8 Å². The molecule has 0 saturated carbocycles. The maximum Gasteiger partial charge on any atom is 0.146 e. The molecule has 0 aliphatic carbocycles. The highest BCUT2D eigenvalue weighted by atomic mass is 16.5. The fourth-order valence-corrected chi connectivity index (χ4v) is 1.37. The molecule has 3 heteroatoms. The topological polar surface area (TPSA) is 30.5 Å². The number of rotatable bonds is 2. The molecule has 1 aromatic rings. The van der Waals surface area contributed by atoms with Crippen molar-refractivity contribution in [3.63, 3.8) is 0 Å². The molecule has 2 rings (SSSR count). The Morgan fingerprint density at radius 3 is 3.31 bits per heavy atom. The Labute approximate surface area is 77.7 Å². The molecule has 1 aliphatic rings. The molecule has 0 radical (unpaired) electrons. The van der Waals surface area contributed by atoms with Crippen LogP contribution in [-0.4, -0.2) is 19.8 Å². The van der Waals surface area contributed by atoms with Gasteiger partial charge in [0, 0.05) is 12.6 Å².